The lowest BCUT2D eigenvalue weighted by molar-refractivity contribution is -0.122. The molecule has 25 heavy (non-hydrogen) atoms. The van der Waals surface area contributed by atoms with Gasteiger partial charge in [-0.1, -0.05) is 12.1 Å². The fourth-order valence-electron chi connectivity index (χ4n) is 2.19. The van der Waals surface area contributed by atoms with Crippen molar-refractivity contribution in [2.45, 2.75) is 33.4 Å². The van der Waals surface area contributed by atoms with Crippen molar-refractivity contribution in [1.29, 1.82) is 0 Å². The molecule has 3 heterocycles. The Balaban J connectivity index is 0.000000701. The van der Waals surface area contributed by atoms with Crippen LogP contribution in [0.15, 0.2) is 15.4 Å². The highest BCUT2D eigenvalue weighted by Crippen LogP contribution is 2.05. The van der Waals surface area contributed by atoms with Gasteiger partial charge in [-0.15, -0.1) is 0 Å². The zero-order chi connectivity index (χ0) is 18.4. The maximum atomic E-state index is 12.0. The van der Waals surface area contributed by atoms with Crippen molar-refractivity contribution in [3.63, 3.8) is 0 Å². The molecule has 0 aliphatic heterocycles. The number of H-pyrrole nitrogens is 1. The molecule has 2 N–H and O–H groups in total. The van der Waals surface area contributed by atoms with Crippen molar-refractivity contribution in [1.82, 2.24) is 34.6 Å². The topological polar surface area (TPSA) is 143 Å². The molecule has 11 heteroatoms. The average Bonchev–Trinajstić information content (AvgIpc) is 3.14. The number of aromatic nitrogens is 6. The van der Waals surface area contributed by atoms with Crippen LogP contribution in [0.2, 0.25) is 0 Å². The number of hydrogen-bond acceptors (Lipinski definition) is 8. The minimum absolute atomic E-state index is 0.179. The average molecular weight is 349 g/mol. The minimum atomic E-state index is -0.250. The van der Waals surface area contributed by atoms with Crippen LogP contribution >= 0.6 is 0 Å². The number of rotatable bonds is 5. The van der Waals surface area contributed by atoms with Crippen LogP contribution in [0, 0.1) is 6.92 Å². The molecule has 3 rings (SSSR count). The summed E-state index contributed by atoms with van der Waals surface area (Å²) in [5.74, 6) is 2.26. The molecule has 0 radical (unpaired) electrons. The van der Waals surface area contributed by atoms with Gasteiger partial charge in [-0.2, -0.15) is 14.5 Å². The van der Waals surface area contributed by atoms with Crippen LogP contribution in [0.4, 0.5) is 0 Å². The van der Waals surface area contributed by atoms with E-state index in [2.05, 4.69) is 25.2 Å². The predicted octanol–water partition coefficient (Wildman–Crippen LogP) is 0.00422. The van der Waals surface area contributed by atoms with E-state index in [-0.39, 0.29) is 12.0 Å². The molecule has 0 aliphatic carbocycles. The molecule has 134 valence electrons. The molecular weight excluding hydrogens is 330 g/mol. The van der Waals surface area contributed by atoms with Gasteiger partial charge < -0.3 is 9.63 Å². The van der Waals surface area contributed by atoms with E-state index in [1.807, 2.05) is 18.9 Å². The van der Waals surface area contributed by atoms with Crippen LogP contribution in [0.5, 0.6) is 0 Å². The van der Waals surface area contributed by atoms with E-state index in [1.54, 1.807) is 6.92 Å². The van der Waals surface area contributed by atoms with Crippen LogP contribution < -0.4 is 5.56 Å². The second-order valence-electron chi connectivity index (χ2n) is 5.27. The summed E-state index contributed by atoms with van der Waals surface area (Å²) in [4.78, 5) is 35.1. The van der Waals surface area contributed by atoms with Gasteiger partial charge in [0, 0.05) is 19.0 Å². The van der Waals surface area contributed by atoms with E-state index in [9.17, 15) is 4.79 Å². The Morgan fingerprint density at radius 2 is 2.08 bits per heavy atom. The van der Waals surface area contributed by atoms with Crippen molar-refractivity contribution >= 4 is 12.2 Å². The summed E-state index contributed by atoms with van der Waals surface area (Å²) in [5.41, 5.74) is 0.472. The van der Waals surface area contributed by atoms with Gasteiger partial charge in [0.05, 0.1) is 12.2 Å². The molecule has 0 amide bonds. The fourth-order valence-corrected chi connectivity index (χ4v) is 2.19. The summed E-state index contributed by atoms with van der Waals surface area (Å²) in [6.45, 7) is 4.50. The molecule has 0 spiro atoms. The highest BCUT2D eigenvalue weighted by molar-refractivity contribution is 5.32. The molecule has 0 saturated carbocycles. The van der Waals surface area contributed by atoms with Crippen molar-refractivity contribution < 1.29 is 14.4 Å². The molecule has 0 atom stereocenters. The second kappa shape index (κ2) is 8.15. The van der Waals surface area contributed by atoms with Crippen LogP contribution in [0.1, 0.15) is 30.2 Å². The molecule has 3 aromatic heterocycles. The maximum absolute atomic E-state index is 12.0. The van der Waals surface area contributed by atoms with Gasteiger partial charge in [0.25, 0.3) is 17.8 Å². The molecule has 11 nitrogen and oxygen atoms in total. The van der Waals surface area contributed by atoms with Gasteiger partial charge in [-0.3, -0.25) is 19.6 Å². The summed E-state index contributed by atoms with van der Waals surface area (Å²) < 4.78 is 6.40. The quantitative estimate of drug-likeness (QED) is 0.608. The lowest BCUT2D eigenvalue weighted by Gasteiger charge is -2.13. The number of hydrogen-bond donors (Lipinski definition) is 2. The van der Waals surface area contributed by atoms with Gasteiger partial charge in [-0.05, 0) is 14.0 Å². The zero-order valence-corrected chi connectivity index (χ0v) is 14.1. The van der Waals surface area contributed by atoms with E-state index in [4.69, 9.17) is 14.4 Å². The lowest BCUT2D eigenvalue weighted by Crippen LogP contribution is -2.22. The van der Waals surface area contributed by atoms with Crippen molar-refractivity contribution in [3.8, 4) is 0 Å². The number of nitrogens with one attached hydrogen (secondary N) is 1. The number of carbonyl (C=O) groups is 1. The first-order valence-electron chi connectivity index (χ1n) is 7.50. The molecule has 0 aliphatic rings. The summed E-state index contributed by atoms with van der Waals surface area (Å²) in [5, 5.41) is 13.6. The molecule has 0 aromatic carbocycles. The third-order valence-electron chi connectivity index (χ3n) is 3.15. The van der Waals surface area contributed by atoms with E-state index >= 15 is 0 Å². The van der Waals surface area contributed by atoms with Crippen LogP contribution in [-0.4, -0.2) is 53.2 Å². The highest BCUT2D eigenvalue weighted by atomic mass is 16.5. The number of aryl methyl sites for hydroxylation is 2. The molecule has 0 bridgehead atoms. The normalized spacial score (nSPS) is 10.7. The number of fused-ring (bicyclic) bond motifs is 1. The van der Waals surface area contributed by atoms with E-state index in [0.717, 1.165) is 0 Å². The Kier molecular flexibility index (Phi) is 5.95. The summed E-state index contributed by atoms with van der Waals surface area (Å²) in [6, 6.07) is 1.49. The first-order chi connectivity index (χ1) is 12.0. The van der Waals surface area contributed by atoms with Crippen molar-refractivity contribution in [2.75, 3.05) is 7.05 Å². The minimum Gasteiger partial charge on any atom is -0.483 e. The van der Waals surface area contributed by atoms with Crippen molar-refractivity contribution in [2.24, 2.45) is 0 Å². The predicted molar refractivity (Wildman–Crippen MR) is 85.9 cm³/mol. The van der Waals surface area contributed by atoms with Crippen molar-refractivity contribution in [3.05, 3.63) is 39.7 Å². The van der Waals surface area contributed by atoms with E-state index < -0.39 is 0 Å². The molecule has 3 aromatic rings. The molecular formula is C14H19N7O4. The van der Waals surface area contributed by atoms with Gasteiger partial charge in [-0.25, -0.2) is 4.98 Å². The van der Waals surface area contributed by atoms with Crippen LogP contribution in [0.25, 0.3) is 5.78 Å². The number of nitrogens with zero attached hydrogens (tertiary/aromatic N) is 6. The van der Waals surface area contributed by atoms with Crippen LogP contribution in [-0.2, 0) is 24.3 Å². The van der Waals surface area contributed by atoms with E-state index in [1.165, 1.54) is 10.6 Å². The van der Waals surface area contributed by atoms with Gasteiger partial charge in [0.1, 0.15) is 5.82 Å². The molecule has 0 fully saturated rings. The first-order valence-corrected chi connectivity index (χ1v) is 7.50. The Morgan fingerprint density at radius 1 is 1.36 bits per heavy atom. The molecule has 0 unspecified atom stereocenters. The standard InChI is InChI=1S/C13H17N7O2.CH2O2/c1-4-11-16-10(18-22-11)7-19(3)6-9-5-12(21)20-13(15-9)14-8(2)17-20;2-1-3/h5H,4,6-7H2,1-3H3,(H,14,15,17);1H,(H,2,3). The second-order valence-corrected chi connectivity index (χ2v) is 5.27. The monoisotopic (exact) mass is 349 g/mol. The zero-order valence-electron chi connectivity index (χ0n) is 14.1. The number of carboxylic acid groups (broad SMARTS) is 1. The Bertz CT molecular complexity index is 898. The first kappa shape index (κ1) is 18.3. The van der Waals surface area contributed by atoms with E-state index in [0.29, 0.717) is 48.5 Å². The highest BCUT2D eigenvalue weighted by Gasteiger charge is 2.11. The number of aromatic amines is 1. The Labute approximate surface area is 142 Å². The smallest absolute Gasteiger partial charge is 0.290 e. The largest absolute Gasteiger partial charge is 0.483 e. The van der Waals surface area contributed by atoms with Gasteiger partial charge >= 0.3 is 0 Å². The third-order valence-corrected chi connectivity index (χ3v) is 3.15. The van der Waals surface area contributed by atoms with Gasteiger partial charge in [0.2, 0.25) is 5.89 Å². The Hall–Kier alpha value is -3.08. The fraction of sp³-hybridized carbons (Fsp3) is 0.429. The van der Waals surface area contributed by atoms with Crippen LogP contribution in [0.3, 0.4) is 0 Å². The summed E-state index contributed by atoms with van der Waals surface area (Å²) in [7, 11) is 1.90. The maximum Gasteiger partial charge on any atom is 0.290 e. The lowest BCUT2D eigenvalue weighted by atomic mass is 10.3. The SMILES string of the molecule is CCc1nc(CN(C)Cc2cc(=O)n3[nH]c(C)nc3n2)no1.O=CO. The summed E-state index contributed by atoms with van der Waals surface area (Å²) in [6.07, 6.45) is 0.713. The van der Waals surface area contributed by atoms with Gasteiger partial charge in [0.15, 0.2) is 5.82 Å². The third kappa shape index (κ3) is 4.70. The molecule has 0 saturated heterocycles. The summed E-state index contributed by atoms with van der Waals surface area (Å²) >= 11 is 0. The Morgan fingerprint density at radius 3 is 2.72 bits per heavy atom.